The van der Waals surface area contributed by atoms with Gasteiger partial charge in [0.25, 0.3) is 5.91 Å². The summed E-state index contributed by atoms with van der Waals surface area (Å²) in [4.78, 5) is 13.5. The first-order valence-corrected chi connectivity index (χ1v) is 10.0. The van der Waals surface area contributed by atoms with E-state index in [0.29, 0.717) is 12.2 Å². The van der Waals surface area contributed by atoms with Gasteiger partial charge in [0.05, 0.1) is 12.7 Å². The van der Waals surface area contributed by atoms with Crippen molar-refractivity contribution in [2.75, 3.05) is 0 Å². The van der Waals surface area contributed by atoms with Gasteiger partial charge in [0.15, 0.2) is 5.69 Å². The smallest absolute Gasteiger partial charge is 0.272 e. The van der Waals surface area contributed by atoms with Crippen molar-refractivity contribution in [1.82, 2.24) is 29.3 Å². The first-order chi connectivity index (χ1) is 14.2. The summed E-state index contributed by atoms with van der Waals surface area (Å²) < 4.78 is 5.56. The standard InChI is InChI=1S/C21H18N6OS/c1-25-13-16(11-23-25)15-4-5-17-6-7-20(26(17)14-15)27-9-8-19(24-27)21(28)22-12-18-3-2-10-29-18/h2-11,13-14H,12H2,1H3,(H,22,28). The van der Waals surface area contributed by atoms with Crippen LogP contribution in [0.4, 0.5) is 0 Å². The van der Waals surface area contributed by atoms with Gasteiger partial charge in [0, 0.05) is 47.2 Å². The van der Waals surface area contributed by atoms with Crippen LogP contribution in [0.2, 0.25) is 0 Å². The van der Waals surface area contributed by atoms with Gasteiger partial charge in [-0.05, 0) is 35.7 Å². The lowest BCUT2D eigenvalue weighted by Gasteiger charge is -2.06. The largest absolute Gasteiger partial charge is 0.346 e. The second kappa shape index (κ2) is 7.06. The fourth-order valence-corrected chi connectivity index (χ4v) is 3.90. The van der Waals surface area contributed by atoms with Gasteiger partial charge in [0.1, 0.15) is 5.82 Å². The van der Waals surface area contributed by atoms with E-state index in [9.17, 15) is 4.79 Å². The van der Waals surface area contributed by atoms with Crippen LogP contribution in [0.5, 0.6) is 0 Å². The van der Waals surface area contributed by atoms with Gasteiger partial charge in [-0.3, -0.25) is 9.48 Å². The zero-order valence-electron chi connectivity index (χ0n) is 15.7. The number of hydrogen-bond acceptors (Lipinski definition) is 4. The fraction of sp³-hybridized carbons (Fsp3) is 0.0952. The molecule has 144 valence electrons. The first kappa shape index (κ1) is 17.4. The van der Waals surface area contributed by atoms with E-state index in [4.69, 9.17) is 0 Å². The van der Waals surface area contributed by atoms with Crippen LogP contribution in [0.15, 0.2) is 72.6 Å². The third-order valence-corrected chi connectivity index (χ3v) is 5.60. The maximum absolute atomic E-state index is 12.4. The quantitative estimate of drug-likeness (QED) is 0.489. The van der Waals surface area contributed by atoms with Crippen molar-refractivity contribution < 1.29 is 4.79 Å². The summed E-state index contributed by atoms with van der Waals surface area (Å²) >= 11 is 1.62. The SMILES string of the molecule is Cn1cc(-c2ccc3ccc(-n4ccc(C(=O)NCc5cccs5)n4)n3c2)cn1. The van der Waals surface area contributed by atoms with E-state index >= 15 is 0 Å². The van der Waals surface area contributed by atoms with Crippen molar-refractivity contribution in [3.05, 3.63) is 83.2 Å². The summed E-state index contributed by atoms with van der Waals surface area (Å²) in [5.74, 6) is 0.678. The summed E-state index contributed by atoms with van der Waals surface area (Å²) in [5.41, 5.74) is 3.54. The molecule has 0 unspecified atom stereocenters. The van der Waals surface area contributed by atoms with E-state index in [1.807, 2.05) is 49.1 Å². The van der Waals surface area contributed by atoms with Crippen molar-refractivity contribution in [2.24, 2.45) is 7.05 Å². The van der Waals surface area contributed by atoms with Crippen molar-refractivity contribution >= 4 is 22.8 Å². The van der Waals surface area contributed by atoms with Crippen LogP contribution in [-0.2, 0) is 13.6 Å². The minimum absolute atomic E-state index is 0.186. The Morgan fingerprint density at radius 2 is 2.00 bits per heavy atom. The number of aryl methyl sites for hydroxylation is 1. The molecule has 0 atom stereocenters. The van der Waals surface area contributed by atoms with E-state index in [2.05, 4.69) is 38.2 Å². The molecule has 0 aliphatic rings. The number of carbonyl (C=O) groups is 1. The monoisotopic (exact) mass is 402 g/mol. The van der Waals surface area contributed by atoms with Crippen LogP contribution in [0.3, 0.4) is 0 Å². The molecule has 0 aliphatic heterocycles. The molecule has 1 N–H and O–H groups in total. The highest BCUT2D eigenvalue weighted by Crippen LogP contribution is 2.22. The molecule has 7 nitrogen and oxygen atoms in total. The maximum atomic E-state index is 12.4. The predicted octanol–water partition coefficient (Wildman–Crippen LogP) is 3.52. The summed E-state index contributed by atoms with van der Waals surface area (Å²) in [7, 11) is 1.90. The lowest BCUT2D eigenvalue weighted by Crippen LogP contribution is -2.23. The zero-order chi connectivity index (χ0) is 19.8. The average Bonchev–Trinajstić information content (AvgIpc) is 3.52. The molecule has 29 heavy (non-hydrogen) atoms. The normalized spacial score (nSPS) is 11.2. The lowest BCUT2D eigenvalue weighted by atomic mass is 10.1. The molecule has 0 fully saturated rings. The topological polar surface area (TPSA) is 69.2 Å². The Hall–Kier alpha value is -3.65. The lowest BCUT2D eigenvalue weighted by molar-refractivity contribution is 0.0946. The number of nitrogens with zero attached hydrogens (tertiary/aromatic N) is 5. The van der Waals surface area contributed by atoms with Gasteiger partial charge in [-0.1, -0.05) is 12.1 Å². The van der Waals surface area contributed by atoms with E-state index in [1.165, 1.54) is 0 Å². The van der Waals surface area contributed by atoms with Crippen molar-refractivity contribution in [1.29, 1.82) is 0 Å². The Kier molecular flexibility index (Phi) is 4.25. The van der Waals surface area contributed by atoms with E-state index in [1.54, 1.807) is 33.0 Å². The third kappa shape index (κ3) is 3.34. The maximum Gasteiger partial charge on any atom is 0.272 e. The first-order valence-electron chi connectivity index (χ1n) is 9.14. The molecular formula is C21H18N6OS. The number of thiophene rings is 1. The molecule has 0 aliphatic carbocycles. The van der Waals surface area contributed by atoms with Gasteiger partial charge in [-0.15, -0.1) is 11.3 Å². The van der Waals surface area contributed by atoms with E-state index in [-0.39, 0.29) is 5.91 Å². The van der Waals surface area contributed by atoms with Gasteiger partial charge in [-0.25, -0.2) is 4.68 Å². The third-order valence-electron chi connectivity index (χ3n) is 4.73. The molecule has 0 aromatic carbocycles. The highest BCUT2D eigenvalue weighted by atomic mass is 32.1. The number of amides is 1. The number of aromatic nitrogens is 5. The van der Waals surface area contributed by atoms with Crippen LogP contribution in [0, 0.1) is 0 Å². The minimum Gasteiger partial charge on any atom is -0.346 e. The molecule has 0 bridgehead atoms. The van der Waals surface area contributed by atoms with Crippen molar-refractivity contribution in [2.45, 2.75) is 6.54 Å². The Labute approximate surface area is 170 Å². The van der Waals surface area contributed by atoms with Gasteiger partial charge < -0.3 is 9.72 Å². The molecule has 1 amide bonds. The van der Waals surface area contributed by atoms with Gasteiger partial charge >= 0.3 is 0 Å². The molecular weight excluding hydrogens is 384 g/mol. The molecule has 0 saturated heterocycles. The summed E-state index contributed by atoms with van der Waals surface area (Å²) in [6, 6.07) is 13.8. The summed E-state index contributed by atoms with van der Waals surface area (Å²) in [5, 5.41) is 13.6. The average molecular weight is 402 g/mol. The fourth-order valence-electron chi connectivity index (χ4n) is 3.26. The molecule has 0 saturated carbocycles. The predicted molar refractivity (Wildman–Crippen MR) is 112 cm³/mol. The Morgan fingerprint density at radius 1 is 1.10 bits per heavy atom. The minimum atomic E-state index is -0.186. The highest BCUT2D eigenvalue weighted by Gasteiger charge is 2.12. The zero-order valence-corrected chi connectivity index (χ0v) is 16.5. The Balaban J connectivity index is 1.43. The molecule has 8 heteroatoms. The molecule has 0 spiro atoms. The second-order valence-corrected chi connectivity index (χ2v) is 7.75. The van der Waals surface area contributed by atoms with Gasteiger partial charge in [0.2, 0.25) is 0 Å². The number of pyridine rings is 1. The van der Waals surface area contributed by atoms with E-state index < -0.39 is 0 Å². The van der Waals surface area contributed by atoms with Crippen LogP contribution >= 0.6 is 11.3 Å². The van der Waals surface area contributed by atoms with Crippen molar-refractivity contribution in [3.8, 4) is 16.9 Å². The highest BCUT2D eigenvalue weighted by molar-refractivity contribution is 7.09. The number of rotatable bonds is 5. The number of fused-ring (bicyclic) bond motifs is 1. The molecule has 5 rings (SSSR count). The molecule has 5 aromatic heterocycles. The van der Waals surface area contributed by atoms with Crippen LogP contribution in [0.25, 0.3) is 22.5 Å². The van der Waals surface area contributed by atoms with Crippen LogP contribution in [0.1, 0.15) is 15.4 Å². The molecule has 5 heterocycles. The number of carbonyl (C=O) groups excluding carboxylic acids is 1. The number of nitrogens with one attached hydrogen (secondary N) is 1. The van der Waals surface area contributed by atoms with Crippen LogP contribution < -0.4 is 5.32 Å². The van der Waals surface area contributed by atoms with Crippen molar-refractivity contribution in [3.63, 3.8) is 0 Å². The van der Waals surface area contributed by atoms with E-state index in [0.717, 1.165) is 27.3 Å². The summed E-state index contributed by atoms with van der Waals surface area (Å²) in [6.45, 7) is 0.506. The molecule has 0 radical (unpaired) electrons. The van der Waals surface area contributed by atoms with Gasteiger partial charge in [-0.2, -0.15) is 10.2 Å². The molecule has 5 aromatic rings. The Morgan fingerprint density at radius 3 is 2.79 bits per heavy atom. The number of hydrogen-bond donors (Lipinski definition) is 1. The van der Waals surface area contributed by atoms with Crippen LogP contribution in [-0.4, -0.2) is 29.9 Å². The second-order valence-electron chi connectivity index (χ2n) is 6.71. The summed E-state index contributed by atoms with van der Waals surface area (Å²) in [6.07, 6.45) is 7.68. The Bertz CT molecular complexity index is 1290.